The fraction of sp³-hybridized carbons (Fsp3) is 0.579. The molecule has 0 bridgehead atoms. The molecule has 1 aromatic carbocycles. The number of carbonyl (C=O) groups excluding carboxylic acids is 2. The Morgan fingerprint density at radius 1 is 1.35 bits per heavy atom. The number of halogens is 1. The first-order valence-electron chi connectivity index (χ1n) is 9.16. The van der Waals surface area contributed by atoms with Crippen LogP contribution in [-0.2, 0) is 14.3 Å². The largest absolute Gasteiger partial charge is 0.379 e. The van der Waals surface area contributed by atoms with Crippen LogP contribution in [0.1, 0.15) is 24.9 Å². The Kier molecular flexibility index (Phi) is 6.21. The van der Waals surface area contributed by atoms with Gasteiger partial charge in [-0.1, -0.05) is 12.1 Å². The summed E-state index contributed by atoms with van der Waals surface area (Å²) >= 11 is 0. The summed E-state index contributed by atoms with van der Waals surface area (Å²) in [6.07, 6.45) is 0.241. The number of nitrogens with zero attached hydrogens (tertiary/aromatic N) is 2. The van der Waals surface area contributed by atoms with Gasteiger partial charge in [0.1, 0.15) is 5.82 Å². The molecule has 2 fully saturated rings. The summed E-state index contributed by atoms with van der Waals surface area (Å²) in [6, 6.07) is 5.90. The van der Waals surface area contributed by atoms with Gasteiger partial charge >= 0.3 is 0 Å². The Morgan fingerprint density at radius 3 is 2.85 bits per heavy atom. The van der Waals surface area contributed by atoms with Gasteiger partial charge in [-0.3, -0.25) is 14.5 Å². The van der Waals surface area contributed by atoms with E-state index in [0.717, 1.165) is 32.8 Å². The first-order chi connectivity index (χ1) is 12.5. The summed E-state index contributed by atoms with van der Waals surface area (Å²) in [5.74, 6) is -0.794. The van der Waals surface area contributed by atoms with Gasteiger partial charge in [0, 0.05) is 39.1 Å². The molecule has 3 rings (SSSR count). The van der Waals surface area contributed by atoms with Gasteiger partial charge in [0.25, 0.3) is 0 Å². The summed E-state index contributed by atoms with van der Waals surface area (Å²) in [5, 5.41) is 2.90. The smallest absolute Gasteiger partial charge is 0.225 e. The molecule has 2 heterocycles. The molecule has 0 saturated carbocycles. The number of benzene rings is 1. The minimum absolute atomic E-state index is 0.0248. The molecule has 0 radical (unpaired) electrons. The lowest BCUT2D eigenvalue weighted by Gasteiger charge is -2.28. The van der Waals surface area contributed by atoms with Crippen LogP contribution in [0.4, 0.5) is 4.39 Å². The van der Waals surface area contributed by atoms with E-state index in [-0.39, 0.29) is 36.0 Å². The Morgan fingerprint density at radius 2 is 2.12 bits per heavy atom. The van der Waals surface area contributed by atoms with Crippen LogP contribution in [0.5, 0.6) is 0 Å². The maximum absolute atomic E-state index is 13.3. The highest BCUT2D eigenvalue weighted by Gasteiger charge is 2.34. The third kappa shape index (κ3) is 4.80. The SMILES string of the molecule is C[C@H](NC(=O)[C@@H]1CC(=O)N(CCN2CCOCC2)C1)c1cccc(F)c1. The monoisotopic (exact) mass is 363 g/mol. The van der Waals surface area contributed by atoms with Crippen LogP contribution < -0.4 is 5.32 Å². The van der Waals surface area contributed by atoms with E-state index >= 15 is 0 Å². The minimum atomic E-state index is -0.344. The van der Waals surface area contributed by atoms with E-state index in [4.69, 9.17) is 4.74 Å². The minimum Gasteiger partial charge on any atom is -0.379 e. The predicted molar refractivity (Wildman–Crippen MR) is 94.9 cm³/mol. The van der Waals surface area contributed by atoms with Gasteiger partial charge in [0.05, 0.1) is 25.2 Å². The lowest BCUT2D eigenvalue weighted by atomic mass is 10.0. The van der Waals surface area contributed by atoms with E-state index in [1.807, 2.05) is 6.92 Å². The molecular weight excluding hydrogens is 337 g/mol. The molecule has 0 aromatic heterocycles. The van der Waals surface area contributed by atoms with Gasteiger partial charge in [-0.25, -0.2) is 4.39 Å². The zero-order valence-electron chi connectivity index (χ0n) is 15.1. The molecule has 0 spiro atoms. The fourth-order valence-electron chi connectivity index (χ4n) is 3.44. The summed E-state index contributed by atoms with van der Waals surface area (Å²) in [5.41, 5.74) is 0.715. The summed E-state index contributed by atoms with van der Waals surface area (Å²) in [4.78, 5) is 28.8. The Balaban J connectivity index is 1.48. The highest BCUT2D eigenvalue weighted by Crippen LogP contribution is 2.20. The van der Waals surface area contributed by atoms with Gasteiger partial charge in [-0.05, 0) is 24.6 Å². The van der Waals surface area contributed by atoms with Crippen LogP contribution in [0.15, 0.2) is 24.3 Å². The van der Waals surface area contributed by atoms with Crippen molar-refractivity contribution in [1.82, 2.24) is 15.1 Å². The van der Waals surface area contributed by atoms with E-state index in [1.54, 1.807) is 17.0 Å². The molecule has 26 heavy (non-hydrogen) atoms. The molecule has 2 saturated heterocycles. The van der Waals surface area contributed by atoms with E-state index < -0.39 is 0 Å². The van der Waals surface area contributed by atoms with Crippen molar-refractivity contribution >= 4 is 11.8 Å². The van der Waals surface area contributed by atoms with Crippen LogP contribution in [0, 0.1) is 11.7 Å². The number of rotatable bonds is 6. The number of ether oxygens (including phenoxy) is 1. The first kappa shape index (κ1) is 18.8. The molecule has 2 aliphatic rings. The van der Waals surface area contributed by atoms with Crippen molar-refractivity contribution in [3.63, 3.8) is 0 Å². The fourth-order valence-corrected chi connectivity index (χ4v) is 3.44. The number of hydrogen-bond donors (Lipinski definition) is 1. The van der Waals surface area contributed by atoms with E-state index in [9.17, 15) is 14.0 Å². The van der Waals surface area contributed by atoms with Gasteiger partial charge in [0.2, 0.25) is 11.8 Å². The Bertz CT molecular complexity index is 649. The van der Waals surface area contributed by atoms with Gasteiger partial charge in [-0.15, -0.1) is 0 Å². The average molecular weight is 363 g/mol. The van der Waals surface area contributed by atoms with Crippen LogP contribution in [0.25, 0.3) is 0 Å². The van der Waals surface area contributed by atoms with Crippen LogP contribution in [0.3, 0.4) is 0 Å². The Labute approximate surface area is 153 Å². The molecule has 142 valence electrons. The highest BCUT2D eigenvalue weighted by molar-refractivity contribution is 5.89. The molecule has 1 aromatic rings. The van der Waals surface area contributed by atoms with E-state index in [1.165, 1.54) is 12.1 Å². The molecule has 6 nitrogen and oxygen atoms in total. The number of nitrogens with one attached hydrogen (secondary N) is 1. The van der Waals surface area contributed by atoms with E-state index in [2.05, 4.69) is 10.2 Å². The van der Waals surface area contributed by atoms with Crippen LogP contribution >= 0.6 is 0 Å². The molecule has 2 atom stereocenters. The predicted octanol–water partition coefficient (Wildman–Crippen LogP) is 1.18. The Hall–Kier alpha value is -1.99. The molecule has 0 unspecified atom stereocenters. The number of likely N-dealkylation sites (tertiary alicyclic amines) is 1. The second-order valence-electron chi connectivity index (χ2n) is 6.98. The van der Waals surface area contributed by atoms with Crippen molar-refractivity contribution in [3.8, 4) is 0 Å². The van der Waals surface area contributed by atoms with Crippen molar-refractivity contribution in [3.05, 3.63) is 35.6 Å². The van der Waals surface area contributed by atoms with Crippen molar-refractivity contribution in [2.45, 2.75) is 19.4 Å². The second kappa shape index (κ2) is 8.60. The molecular formula is C19H26FN3O3. The maximum Gasteiger partial charge on any atom is 0.225 e. The molecule has 1 N–H and O–H groups in total. The lowest BCUT2D eigenvalue weighted by molar-refractivity contribution is -0.129. The van der Waals surface area contributed by atoms with Crippen LogP contribution in [0.2, 0.25) is 0 Å². The molecule has 7 heteroatoms. The molecule has 2 amide bonds. The van der Waals surface area contributed by atoms with Gasteiger partial charge in [0.15, 0.2) is 0 Å². The van der Waals surface area contributed by atoms with Gasteiger partial charge < -0.3 is 15.0 Å². The first-order valence-corrected chi connectivity index (χ1v) is 9.16. The zero-order valence-corrected chi connectivity index (χ0v) is 15.1. The molecule has 0 aliphatic carbocycles. The molecule has 2 aliphatic heterocycles. The number of carbonyl (C=O) groups is 2. The summed E-state index contributed by atoms with van der Waals surface area (Å²) < 4.78 is 18.7. The third-order valence-electron chi connectivity index (χ3n) is 5.08. The highest BCUT2D eigenvalue weighted by atomic mass is 19.1. The maximum atomic E-state index is 13.3. The number of amides is 2. The number of hydrogen-bond acceptors (Lipinski definition) is 4. The van der Waals surface area contributed by atoms with Gasteiger partial charge in [-0.2, -0.15) is 0 Å². The lowest BCUT2D eigenvalue weighted by Crippen LogP contribution is -2.42. The van der Waals surface area contributed by atoms with Crippen molar-refractivity contribution in [2.75, 3.05) is 45.9 Å². The van der Waals surface area contributed by atoms with Crippen LogP contribution in [-0.4, -0.2) is 67.6 Å². The van der Waals surface area contributed by atoms with Crippen molar-refractivity contribution in [1.29, 1.82) is 0 Å². The summed E-state index contributed by atoms with van der Waals surface area (Å²) in [7, 11) is 0. The number of morpholine rings is 1. The third-order valence-corrected chi connectivity index (χ3v) is 5.08. The van der Waals surface area contributed by atoms with Crippen molar-refractivity contribution < 1.29 is 18.7 Å². The summed E-state index contributed by atoms with van der Waals surface area (Å²) in [6.45, 7) is 6.96. The second-order valence-corrected chi connectivity index (χ2v) is 6.98. The topological polar surface area (TPSA) is 61.9 Å². The normalized spacial score (nSPS) is 22.5. The quantitative estimate of drug-likeness (QED) is 0.825. The average Bonchev–Trinajstić information content (AvgIpc) is 3.02. The van der Waals surface area contributed by atoms with E-state index in [0.29, 0.717) is 18.7 Å². The van der Waals surface area contributed by atoms with Crippen molar-refractivity contribution in [2.24, 2.45) is 5.92 Å². The zero-order chi connectivity index (χ0) is 18.5. The standard InChI is InChI=1S/C19H26FN3O3/c1-14(15-3-2-4-17(20)11-15)21-19(25)16-12-18(24)23(13-16)6-5-22-7-9-26-10-8-22/h2-4,11,14,16H,5-10,12-13H2,1H3,(H,21,25)/t14-,16+/m0/s1.